The van der Waals surface area contributed by atoms with E-state index in [0.717, 1.165) is 6.54 Å². The van der Waals surface area contributed by atoms with Crippen molar-refractivity contribution in [1.29, 1.82) is 0 Å². The quantitative estimate of drug-likeness (QED) is 0.741. The standard InChI is InChI=1S/C13H21NO/c1-10-5-6-12(7-11(10)2)13(3,4)8-14-9-15/h5-7,14-15H,8-9H2,1-4H3. The van der Waals surface area contributed by atoms with Crippen molar-refractivity contribution in [3.63, 3.8) is 0 Å². The number of hydrogen-bond acceptors (Lipinski definition) is 2. The van der Waals surface area contributed by atoms with E-state index in [0.29, 0.717) is 0 Å². The number of nitrogens with one attached hydrogen (secondary N) is 1. The highest BCUT2D eigenvalue weighted by atomic mass is 16.3. The monoisotopic (exact) mass is 207 g/mol. The van der Waals surface area contributed by atoms with Gasteiger partial charge in [-0.1, -0.05) is 32.0 Å². The van der Waals surface area contributed by atoms with Crippen molar-refractivity contribution < 1.29 is 5.11 Å². The highest BCUT2D eigenvalue weighted by Gasteiger charge is 2.20. The SMILES string of the molecule is Cc1ccc(C(C)(C)CNCO)cc1C. The molecule has 0 aromatic heterocycles. The molecule has 0 spiro atoms. The number of aryl methyl sites for hydroxylation is 2. The first kappa shape index (κ1) is 12.2. The highest BCUT2D eigenvalue weighted by Crippen LogP contribution is 2.24. The maximum Gasteiger partial charge on any atom is 0.0931 e. The molecule has 84 valence electrons. The average molecular weight is 207 g/mol. The van der Waals surface area contributed by atoms with E-state index in [1.165, 1.54) is 16.7 Å². The van der Waals surface area contributed by atoms with Gasteiger partial charge in [0.05, 0.1) is 6.73 Å². The summed E-state index contributed by atoms with van der Waals surface area (Å²) in [6, 6.07) is 6.56. The molecular weight excluding hydrogens is 186 g/mol. The van der Waals surface area contributed by atoms with E-state index < -0.39 is 0 Å². The van der Waals surface area contributed by atoms with Crippen LogP contribution in [-0.2, 0) is 5.41 Å². The third kappa shape index (κ3) is 3.05. The highest BCUT2D eigenvalue weighted by molar-refractivity contribution is 5.34. The predicted octanol–water partition coefficient (Wildman–Crippen LogP) is 2.12. The Kier molecular flexibility index (Phi) is 3.89. The van der Waals surface area contributed by atoms with E-state index in [4.69, 9.17) is 5.11 Å². The fraction of sp³-hybridized carbons (Fsp3) is 0.538. The van der Waals surface area contributed by atoms with Gasteiger partial charge in [0.2, 0.25) is 0 Å². The van der Waals surface area contributed by atoms with Crippen molar-refractivity contribution in [1.82, 2.24) is 5.32 Å². The molecule has 0 atom stereocenters. The molecule has 1 aromatic carbocycles. The molecule has 0 aliphatic heterocycles. The molecule has 0 aliphatic rings. The molecule has 0 saturated carbocycles. The molecule has 1 aromatic rings. The van der Waals surface area contributed by atoms with Crippen LogP contribution in [0.3, 0.4) is 0 Å². The largest absolute Gasteiger partial charge is 0.381 e. The van der Waals surface area contributed by atoms with Crippen LogP contribution in [0.5, 0.6) is 0 Å². The Bertz CT molecular complexity index is 331. The van der Waals surface area contributed by atoms with Crippen LogP contribution in [0.2, 0.25) is 0 Å². The molecule has 2 N–H and O–H groups in total. The summed E-state index contributed by atoms with van der Waals surface area (Å²) in [5.41, 5.74) is 4.02. The molecule has 0 saturated heterocycles. The van der Waals surface area contributed by atoms with E-state index >= 15 is 0 Å². The van der Waals surface area contributed by atoms with Gasteiger partial charge in [-0.25, -0.2) is 0 Å². The van der Waals surface area contributed by atoms with Crippen LogP contribution < -0.4 is 5.32 Å². The van der Waals surface area contributed by atoms with Gasteiger partial charge >= 0.3 is 0 Å². The summed E-state index contributed by atoms with van der Waals surface area (Å²) < 4.78 is 0. The maximum atomic E-state index is 8.76. The molecule has 0 amide bonds. The van der Waals surface area contributed by atoms with Crippen LogP contribution in [0.25, 0.3) is 0 Å². The normalized spacial score (nSPS) is 11.8. The Labute approximate surface area is 92.3 Å². The fourth-order valence-corrected chi connectivity index (χ4v) is 1.63. The third-order valence-electron chi connectivity index (χ3n) is 2.97. The Balaban J connectivity index is 2.89. The smallest absolute Gasteiger partial charge is 0.0931 e. The summed E-state index contributed by atoms with van der Waals surface area (Å²) >= 11 is 0. The van der Waals surface area contributed by atoms with Gasteiger partial charge in [-0.05, 0) is 30.5 Å². The van der Waals surface area contributed by atoms with Gasteiger partial charge in [0, 0.05) is 12.0 Å². The van der Waals surface area contributed by atoms with Crippen molar-refractivity contribution in [3.8, 4) is 0 Å². The lowest BCUT2D eigenvalue weighted by Crippen LogP contribution is -2.33. The Hall–Kier alpha value is -0.860. The van der Waals surface area contributed by atoms with Crippen LogP contribution in [0.15, 0.2) is 18.2 Å². The third-order valence-corrected chi connectivity index (χ3v) is 2.97. The summed E-state index contributed by atoms with van der Waals surface area (Å²) in [7, 11) is 0. The number of aliphatic hydroxyl groups excluding tert-OH is 1. The predicted molar refractivity (Wildman–Crippen MR) is 64.0 cm³/mol. The van der Waals surface area contributed by atoms with Gasteiger partial charge < -0.3 is 5.11 Å². The van der Waals surface area contributed by atoms with Gasteiger partial charge in [0.25, 0.3) is 0 Å². The molecular formula is C13H21NO. The molecule has 0 heterocycles. The van der Waals surface area contributed by atoms with Crippen molar-refractivity contribution >= 4 is 0 Å². The minimum atomic E-state index is 0.0360. The molecule has 1 rings (SSSR count). The second kappa shape index (κ2) is 4.77. The number of rotatable bonds is 4. The second-order valence-electron chi connectivity index (χ2n) is 4.77. The van der Waals surface area contributed by atoms with Gasteiger partial charge in [-0.2, -0.15) is 0 Å². The van der Waals surface area contributed by atoms with E-state index in [1.54, 1.807) is 0 Å². The van der Waals surface area contributed by atoms with Gasteiger partial charge in [0.15, 0.2) is 0 Å². The molecule has 0 radical (unpaired) electrons. The summed E-state index contributed by atoms with van der Waals surface area (Å²) in [5.74, 6) is 0. The lowest BCUT2D eigenvalue weighted by molar-refractivity contribution is 0.247. The van der Waals surface area contributed by atoms with Crippen LogP contribution >= 0.6 is 0 Å². The average Bonchev–Trinajstić information content (AvgIpc) is 2.19. The Morgan fingerprint density at radius 1 is 1.20 bits per heavy atom. The fourth-order valence-electron chi connectivity index (χ4n) is 1.63. The summed E-state index contributed by atoms with van der Waals surface area (Å²) in [6.07, 6.45) is 0. The summed E-state index contributed by atoms with van der Waals surface area (Å²) in [6.45, 7) is 9.44. The lowest BCUT2D eigenvalue weighted by atomic mass is 9.83. The Morgan fingerprint density at radius 3 is 2.40 bits per heavy atom. The van der Waals surface area contributed by atoms with Crippen molar-refractivity contribution in [2.24, 2.45) is 0 Å². The maximum absolute atomic E-state index is 8.76. The zero-order chi connectivity index (χ0) is 11.5. The number of benzene rings is 1. The topological polar surface area (TPSA) is 32.3 Å². The lowest BCUT2D eigenvalue weighted by Gasteiger charge is -2.26. The molecule has 0 bridgehead atoms. The molecule has 0 unspecified atom stereocenters. The zero-order valence-electron chi connectivity index (χ0n) is 10.1. The van der Waals surface area contributed by atoms with Crippen LogP contribution in [0, 0.1) is 13.8 Å². The van der Waals surface area contributed by atoms with Crippen LogP contribution in [0.1, 0.15) is 30.5 Å². The van der Waals surface area contributed by atoms with Gasteiger partial charge in [0.1, 0.15) is 0 Å². The minimum absolute atomic E-state index is 0.0360. The van der Waals surface area contributed by atoms with Gasteiger partial charge in [-0.15, -0.1) is 0 Å². The van der Waals surface area contributed by atoms with E-state index in [1.807, 2.05) is 0 Å². The second-order valence-corrected chi connectivity index (χ2v) is 4.77. The summed E-state index contributed by atoms with van der Waals surface area (Å²) in [4.78, 5) is 0. The Morgan fingerprint density at radius 2 is 1.87 bits per heavy atom. The molecule has 0 aliphatic carbocycles. The minimum Gasteiger partial charge on any atom is -0.381 e. The van der Waals surface area contributed by atoms with E-state index in [2.05, 4.69) is 51.2 Å². The molecule has 15 heavy (non-hydrogen) atoms. The summed E-state index contributed by atoms with van der Waals surface area (Å²) in [5, 5.41) is 11.7. The van der Waals surface area contributed by atoms with Crippen LogP contribution in [-0.4, -0.2) is 18.4 Å². The number of hydrogen-bond donors (Lipinski definition) is 2. The van der Waals surface area contributed by atoms with E-state index in [-0.39, 0.29) is 12.1 Å². The van der Waals surface area contributed by atoms with E-state index in [9.17, 15) is 0 Å². The van der Waals surface area contributed by atoms with Crippen molar-refractivity contribution in [2.45, 2.75) is 33.1 Å². The van der Waals surface area contributed by atoms with Crippen molar-refractivity contribution in [3.05, 3.63) is 34.9 Å². The van der Waals surface area contributed by atoms with Gasteiger partial charge in [-0.3, -0.25) is 5.32 Å². The first-order valence-corrected chi connectivity index (χ1v) is 5.36. The molecule has 0 fully saturated rings. The number of aliphatic hydroxyl groups is 1. The molecule has 2 heteroatoms. The van der Waals surface area contributed by atoms with Crippen molar-refractivity contribution in [2.75, 3.05) is 13.3 Å². The first-order chi connectivity index (χ1) is 6.97. The van der Waals surface area contributed by atoms with Crippen LogP contribution in [0.4, 0.5) is 0 Å². The molecule has 2 nitrogen and oxygen atoms in total. The zero-order valence-corrected chi connectivity index (χ0v) is 10.1. The first-order valence-electron chi connectivity index (χ1n) is 5.36.